The van der Waals surface area contributed by atoms with Gasteiger partial charge in [0.15, 0.2) is 0 Å². The average molecular weight is 289 g/mol. The number of methoxy groups -OCH3 is 2. The van der Waals surface area contributed by atoms with E-state index >= 15 is 0 Å². The molecule has 1 aliphatic heterocycles. The lowest BCUT2D eigenvalue weighted by atomic mass is 10.1. The maximum atomic E-state index is 11.8. The van der Waals surface area contributed by atoms with Crippen molar-refractivity contribution in [3.8, 4) is 0 Å². The normalized spacial score (nSPS) is 16.6. The summed E-state index contributed by atoms with van der Waals surface area (Å²) in [6.45, 7) is 4.94. The Labute approximate surface area is 121 Å². The Morgan fingerprint density at radius 1 is 1.10 bits per heavy atom. The highest BCUT2D eigenvalue weighted by molar-refractivity contribution is 5.69. The fourth-order valence-corrected chi connectivity index (χ4v) is 2.06. The molecule has 1 heterocycles. The van der Waals surface area contributed by atoms with Gasteiger partial charge in [-0.2, -0.15) is 0 Å². The van der Waals surface area contributed by atoms with Crippen molar-refractivity contribution in [2.45, 2.75) is 25.4 Å². The van der Waals surface area contributed by atoms with Gasteiger partial charge in [0.1, 0.15) is 6.10 Å². The molecule has 6 heteroatoms. The highest BCUT2D eigenvalue weighted by Gasteiger charge is 2.18. The summed E-state index contributed by atoms with van der Waals surface area (Å²) in [4.78, 5) is 14.0. The number of esters is 1. The van der Waals surface area contributed by atoms with E-state index in [1.165, 1.54) is 0 Å². The molecule has 0 aromatic rings. The summed E-state index contributed by atoms with van der Waals surface area (Å²) < 4.78 is 20.8. The first kappa shape index (κ1) is 17.4. The van der Waals surface area contributed by atoms with E-state index in [0.717, 1.165) is 25.9 Å². The van der Waals surface area contributed by atoms with Gasteiger partial charge < -0.3 is 18.9 Å². The van der Waals surface area contributed by atoms with Gasteiger partial charge >= 0.3 is 5.97 Å². The molecule has 0 aromatic carbocycles. The second-order valence-electron chi connectivity index (χ2n) is 4.88. The molecule has 1 fully saturated rings. The van der Waals surface area contributed by atoms with Crippen LogP contribution in [-0.4, -0.2) is 77.3 Å². The molecule has 0 bridgehead atoms. The van der Waals surface area contributed by atoms with Crippen LogP contribution in [0.1, 0.15) is 19.3 Å². The van der Waals surface area contributed by atoms with E-state index in [0.29, 0.717) is 39.4 Å². The molecule has 1 rings (SSSR count). The van der Waals surface area contributed by atoms with Gasteiger partial charge in [0, 0.05) is 46.7 Å². The lowest BCUT2D eigenvalue weighted by Gasteiger charge is -2.24. The summed E-state index contributed by atoms with van der Waals surface area (Å²) >= 11 is 0. The summed E-state index contributed by atoms with van der Waals surface area (Å²) in [6, 6.07) is 0. The summed E-state index contributed by atoms with van der Waals surface area (Å²) in [6.07, 6.45) is 2.05. The van der Waals surface area contributed by atoms with Gasteiger partial charge in [-0.1, -0.05) is 0 Å². The summed E-state index contributed by atoms with van der Waals surface area (Å²) in [7, 11) is 3.35. The molecule has 0 atom stereocenters. The lowest BCUT2D eigenvalue weighted by Crippen LogP contribution is -2.34. The van der Waals surface area contributed by atoms with Gasteiger partial charge in [-0.3, -0.25) is 9.69 Å². The van der Waals surface area contributed by atoms with Gasteiger partial charge in [0.05, 0.1) is 32.8 Å². The SMILES string of the molecule is COCCN(CCOC)CCC(=O)OC1CCOCC1. The third kappa shape index (κ3) is 7.79. The summed E-state index contributed by atoms with van der Waals surface area (Å²) in [5.74, 6) is -0.128. The zero-order valence-corrected chi connectivity index (χ0v) is 12.6. The molecule has 0 unspecified atom stereocenters. The molecule has 1 saturated heterocycles. The molecule has 0 N–H and O–H groups in total. The maximum Gasteiger partial charge on any atom is 0.307 e. The smallest absolute Gasteiger partial charge is 0.307 e. The first-order valence-corrected chi connectivity index (χ1v) is 7.23. The van der Waals surface area contributed by atoms with E-state index in [-0.39, 0.29) is 12.1 Å². The van der Waals surface area contributed by atoms with Crippen molar-refractivity contribution in [2.24, 2.45) is 0 Å². The predicted molar refractivity (Wildman–Crippen MR) is 74.7 cm³/mol. The standard InChI is InChI=1S/C14H27NO5/c1-17-11-7-15(8-12-18-2)6-3-14(16)20-13-4-9-19-10-5-13/h13H,3-12H2,1-2H3. The zero-order valence-electron chi connectivity index (χ0n) is 12.6. The van der Waals surface area contributed by atoms with Gasteiger partial charge in [-0.25, -0.2) is 0 Å². The van der Waals surface area contributed by atoms with Gasteiger partial charge in [-0.15, -0.1) is 0 Å². The van der Waals surface area contributed by atoms with E-state index in [1.807, 2.05) is 0 Å². The molecule has 0 aliphatic carbocycles. The van der Waals surface area contributed by atoms with E-state index in [1.54, 1.807) is 14.2 Å². The Kier molecular flexibility index (Phi) is 9.57. The van der Waals surface area contributed by atoms with Crippen molar-refractivity contribution in [3.05, 3.63) is 0 Å². The largest absolute Gasteiger partial charge is 0.462 e. The topological polar surface area (TPSA) is 57.2 Å². The number of rotatable bonds is 10. The number of hydrogen-bond donors (Lipinski definition) is 0. The minimum Gasteiger partial charge on any atom is -0.462 e. The molecule has 0 amide bonds. The van der Waals surface area contributed by atoms with Crippen LogP contribution in [0.2, 0.25) is 0 Å². The van der Waals surface area contributed by atoms with Crippen LogP contribution in [0, 0.1) is 0 Å². The molecule has 6 nitrogen and oxygen atoms in total. The van der Waals surface area contributed by atoms with E-state index < -0.39 is 0 Å². The highest BCUT2D eigenvalue weighted by Crippen LogP contribution is 2.11. The maximum absolute atomic E-state index is 11.8. The van der Waals surface area contributed by atoms with Crippen LogP contribution in [0.5, 0.6) is 0 Å². The number of ether oxygens (including phenoxy) is 4. The molecular formula is C14H27NO5. The zero-order chi connectivity index (χ0) is 14.6. The molecule has 0 aromatic heterocycles. The quantitative estimate of drug-likeness (QED) is 0.552. The van der Waals surface area contributed by atoms with Crippen molar-refractivity contribution in [1.82, 2.24) is 4.90 Å². The average Bonchev–Trinajstić information content (AvgIpc) is 2.47. The van der Waals surface area contributed by atoms with E-state index in [4.69, 9.17) is 18.9 Å². The second kappa shape index (κ2) is 11.0. The fraction of sp³-hybridized carbons (Fsp3) is 0.929. The van der Waals surface area contributed by atoms with Crippen molar-refractivity contribution >= 4 is 5.97 Å². The first-order chi connectivity index (χ1) is 9.76. The van der Waals surface area contributed by atoms with Crippen molar-refractivity contribution in [2.75, 3.05) is 60.3 Å². The van der Waals surface area contributed by atoms with Gasteiger partial charge in [0.25, 0.3) is 0 Å². The van der Waals surface area contributed by atoms with E-state index in [9.17, 15) is 4.79 Å². The third-order valence-electron chi connectivity index (χ3n) is 3.32. The molecular weight excluding hydrogens is 262 g/mol. The van der Waals surface area contributed by atoms with Crippen LogP contribution in [0.3, 0.4) is 0 Å². The Morgan fingerprint density at radius 3 is 2.25 bits per heavy atom. The summed E-state index contributed by atoms with van der Waals surface area (Å²) in [5.41, 5.74) is 0. The Bertz CT molecular complexity index is 248. The summed E-state index contributed by atoms with van der Waals surface area (Å²) in [5, 5.41) is 0. The van der Waals surface area contributed by atoms with Crippen LogP contribution < -0.4 is 0 Å². The monoisotopic (exact) mass is 289 g/mol. The number of carbonyl (C=O) groups is 1. The van der Waals surface area contributed by atoms with Gasteiger partial charge in [-0.05, 0) is 0 Å². The number of hydrogen-bond acceptors (Lipinski definition) is 6. The lowest BCUT2D eigenvalue weighted by molar-refractivity contribution is -0.153. The Balaban J connectivity index is 2.20. The van der Waals surface area contributed by atoms with Crippen LogP contribution in [0.25, 0.3) is 0 Å². The van der Waals surface area contributed by atoms with Crippen LogP contribution in [-0.2, 0) is 23.7 Å². The Hall–Kier alpha value is -0.690. The van der Waals surface area contributed by atoms with E-state index in [2.05, 4.69) is 4.90 Å². The second-order valence-corrected chi connectivity index (χ2v) is 4.88. The highest BCUT2D eigenvalue weighted by atomic mass is 16.6. The molecule has 0 saturated carbocycles. The number of carbonyl (C=O) groups excluding carboxylic acids is 1. The van der Waals surface area contributed by atoms with Gasteiger partial charge in [0.2, 0.25) is 0 Å². The predicted octanol–water partition coefficient (Wildman–Crippen LogP) is 0.694. The van der Waals surface area contributed by atoms with Crippen molar-refractivity contribution in [3.63, 3.8) is 0 Å². The minimum atomic E-state index is -0.128. The number of nitrogens with zero attached hydrogens (tertiary/aromatic N) is 1. The molecule has 0 radical (unpaired) electrons. The third-order valence-corrected chi connectivity index (χ3v) is 3.32. The van der Waals surface area contributed by atoms with Crippen LogP contribution in [0.4, 0.5) is 0 Å². The molecule has 1 aliphatic rings. The Morgan fingerprint density at radius 2 is 1.70 bits per heavy atom. The molecule has 118 valence electrons. The fourth-order valence-electron chi connectivity index (χ4n) is 2.06. The van der Waals surface area contributed by atoms with Crippen molar-refractivity contribution < 1.29 is 23.7 Å². The van der Waals surface area contributed by atoms with Crippen LogP contribution >= 0.6 is 0 Å². The minimum absolute atomic E-state index is 0.0302. The van der Waals surface area contributed by atoms with Crippen molar-refractivity contribution in [1.29, 1.82) is 0 Å². The molecule has 0 spiro atoms. The molecule has 20 heavy (non-hydrogen) atoms. The van der Waals surface area contributed by atoms with Crippen LogP contribution in [0.15, 0.2) is 0 Å². The first-order valence-electron chi connectivity index (χ1n) is 7.23.